The van der Waals surface area contributed by atoms with Crippen LogP contribution < -0.4 is 0 Å². The van der Waals surface area contributed by atoms with E-state index in [0.29, 0.717) is 11.3 Å². The highest BCUT2D eigenvalue weighted by atomic mass is 14.5. The number of hydrogen-bond acceptors (Lipinski definition) is 0. The van der Waals surface area contributed by atoms with Crippen LogP contribution in [0.4, 0.5) is 0 Å². The van der Waals surface area contributed by atoms with Crippen molar-refractivity contribution in [2.24, 2.45) is 11.3 Å². The Balaban J connectivity index is 2.31. The van der Waals surface area contributed by atoms with E-state index in [4.69, 9.17) is 0 Å². The van der Waals surface area contributed by atoms with Crippen molar-refractivity contribution in [3.05, 3.63) is 35.5 Å². The Kier molecular flexibility index (Phi) is 2.62. The minimum atomic E-state index is 0.436. The highest BCUT2D eigenvalue weighted by Gasteiger charge is 2.43. The van der Waals surface area contributed by atoms with Crippen LogP contribution in [0, 0.1) is 11.3 Å². The van der Waals surface area contributed by atoms with Gasteiger partial charge in [0.15, 0.2) is 0 Å². The molecule has 0 aliphatic heterocycles. The molecule has 0 nitrogen and oxygen atoms in total. The maximum Gasteiger partial charge on any atom is 0.00148 e. The van der Waals surface area contributed by atoms with E-state index in [1.165, 1.54) is 31.3 Å². The molecule has 0 fully saturated rings. The van der Waals surface area contributed by atoms with Gasteiger partial charge in [-0.15, -0.1) is 0 Å². The predicted molar refractivity (Wildman–Crippen MR) is 66.7 cm³/mol. The van der Waals surface area contributed by atoms with Gasteiger partial charge in [0, 0.05) is 5.41 Å². The second-order valence-electron chi connectivity index (χ2n) is 5.43. The summed E-state index contributed by atoms with van der Waals surface area (Å²) in [6, 6.07) is 0. The van der Waals surface area contributed by atoms with Gasteiger partial charge in [0.25, 0.3) is 0 Å². The number of hydrogen-bond donors (Lipinski definition) is 0. The molecule has 0 saturated heterocycles. The molecule has 0 N–H and O–H groups in total. The highest BCUT2D eigenvalue weighted by Crippen LogP contribution is 2.54. The minimum Gasteiger partial charge on any atom is -0.0998 e. The SMILES string of the molecule is C=C(C)C1CC=C(C)C12CC=C(C)CC2. The molecule has 15 heavy (non-hydrogen) atoms. The third-order valence-electron chi connectivity index (χ3n) is 4.49. The lowest BCUT2D eigenvalue weighted by atomic mass is 9.64. The van der Waals surface area contributed by atoms with Crippen LogP contribution in [0.1, 0.15) is 46.5 Å². The monoisotopic (exact) mass is 202 g/mol. The fraction of sp³-hybridized carbons (Fsp3) is 0.600. The molecule has 2 rings (SSSR count). The minimum absolute atomic E-state index is 0.436. The van der Waals surface area contributed by atoms with Crippen molar-refractivity contribution >= 4 is 0 Å². The molecule has 2 unspecified atom stereocenters. The molecule has 0 heterocycles. The zero-order chi connectivity index (χ0) is 11.1. The van der Waals surface area contributed by atoms with E-state index in [1.807, 2.05) is 0 Å². The van der Waals surface area contributed by atoms with Crippen molar-refractivity contribution in [2.75, 3.05) is 0 Å². The maximum atomic E-state index is 4.19. The lowest BCUT2D eigenvalue weighted by Gasteiger charge is -2.40. The average molecular weight is 202 g/mol. The smallest absolute Gasteiger partial charge is 0.00148 e. The fourth-order valence-electron chi connectivity index (χ4n) is 3.33. The summed E-state index contributed by atoms with van der Waals surface area (Å²) in [6.07, 6.45) is 9.94. The Hall–Kier alpha value is -0.780. The third kappa shape index (κ3) is 1.60. The van der Waals surface area contributed by atoms with Gasteiger partial charge in [0.1, 0.15) is 0 Å². The van der Waals surface area contributed by atoms with Gasteiger partial charge in [-0.05, 0) is 52.4 Å². The third-order valence-corrected chi connectivity index (χ3v) is 4.49. The van der Waals surface area contributed by atoms with Crippen molar-refractivity contribution in [3.8, 4) is 0 Å². The topological polar surface area (TPSA) is 0 Å². The molecule has 2 aliphatic carbocycles. The highest BCUT2D eigenvalue weighted by molar-refractivity contribution is 5.30. The lowest BCUT2D eigenvalue weighted by Crippen LogP contribution is -2.30. The van der Waals surface area contributed by atoms with Gasteiger partial charge >= 0.3 is 0 Å². The average Bonchev–Trinajstić information content (AvgIpc) is 2.50. The predicted octanol–water partition coefficient (Wildman–Crippen LogP) is 4.65. The second kappa shape index (κ2) is 3.66. The summed E-state index contributed by atoms with van der Waals surface area (Å²) in [6.45, 7) is 11.0. The van der Waals surface area contributed by atoms with Gasteiger partial charge in [-0.1, -0.05) is 35.5 Å². The van der Waals surface area contributed by atoms with E-state index in [2.05, 4.69) is 39.5 Å². The van der Waals surface area contributed by atoms with Crippen molar-refractivity contribution in [1.82, 2.24) is 0 Å². The fourth-order valence-corrected chi connectivity index (χ4v) is 3.33. The molecule has 0 aromatic rings. The molecule has 2 atom stereocenters. The summed E-state index contributed by atoms with van der Waals surface area (Å²) in [5, 5.41) is 0. The summed E-state index contributed by atoms with van der Waals surface area (Å²) < 4.78 is 0. The van der Waals surface area contributed by atoms with Crippen LogP contribution in [-0.4, -0.2) is 0 Å². The van der Waals surface area contributed by atoms with Crippen LogP contribution in [0.15, 0.2) is 35.5 Å². The molecule has 2 aliphatic rings. The van der Waals surface area contributed by atoms with Crippen LogP contribution in [0.2, 0.25) is 0 Å². The van der Waals surface area contributed by atoms with Crippen LogP contribution in [0.5, 0.6) is 0 Å². The first-order chi connectivity index (χ1) is 7.06. The zero-order valence-electron chi connectivity index (χ0n) is 10.3. The largest absolute Gasteiger partial charge is 0.0998 e. The van der Waals surface area contributed by atoms with E-state index < -0.39 is 0 Å². The summed E-state index contributed by atoms with van der Waals surface area (Å²) in [5.41, 5.74) is 4.99. The molecule has 0 aromatic carbocycles. The second-order valence-corrected chi connectivity index (χ2v) is 5.43. The summed E-state index contributed by atoms with van der Waals surface area (Å²) >= 11 is 0. The molecular formula is C15H22. The molecule has 0 aromatic heterocycles. The molecule has 0 bridgehead atoms. The molecule has 0 radical (unpaired) electrons. The molecule has 0 heteroatoms. The van der Waals surface area contributed by atoms with Crippen LogP contribution in [0.3, 0.4) is 0 Å². The normalized spacial score (nSPS) is 35.3. The quantitative estimate of drug-likeness (QED) is 0.543. The number of allylic oxidation sites excluding steroid dienone is 5. The molecule has 1 spiro atoms. The van der Waals surface area contributed by atoms with Crippen molar-refractivity contribution in [2.45, 2.75) is 46.5 Å². The summed E-state index contributed by atoms with van der Waals surface area (Å²) in [4.78, 5) is 0. The zero-order valence-corrected chi connectivity index (χ0v) is 10.3. The lowest BCUT2D eigenvalue weighted by molar-refractivity contribution is 0.239. The van der Waals surface area contributed by atoms with E-state index in [9.17, 15) is 0 Å². The first-order valence-corrected chi connectivity index (χ1v) is 6.04. The van der Waals surface area contributed by atoms with E-state index in [1.54, 1.807) is 11.1 Å². The summed E-state index contributed by atoms with van der Waals surface area (Å²) in [5.74, 6) is 0.696. The molecule has 0 amide bonds. The summed E-state index contributed by atoms with van der Waals surface area (Å²) in [7, 11) is 0. The van der Waals surface area contributed by atoms with Gasteiger partial charge in [-0.2, -0.15) is 0 Å². The Morgan fingerprint density at radius 2 is 2.13 bits per heavy atom. The Bertz CT molecular complexity index is 343. The Morgan fingerprint density at radius 3 is 2.67 bits per heavy atom. The number of rotatable bonds is 1. The van der Waals surface area contributed by atoms with Gasteiger partial charge < -0.3 is 0 Å². The maximum absolute atomic E-state index is 4.19. The molecule has 0 saturated carbocycles. The Labute approximate surface area is 93.8 Å². The van der Waals surface area contributed by atoms with Gasteiger partial charge in [-0.3, -0.25) is 0 Å². The Morgan fingerprint density at radius 1 is 1.40 bits per heavy atom. The van der Waals surface area contributed by atoms with Crippen molar-refractivity contribution < 1.29 is 0 Å². The van der Waals surface area contributed by atoms with Gasteiger partial charge in [0.2, 0.25) is 0 Å². The first-order valence-electron chi connectivity index (χ1n) is 6.04. The van der Waals surface area contributed by atoms with Crippen LogP contribution in [0.25, 0.3) is 0 Å². The van der Waals surface area contributed by atoms with Gasteiger partial charge in [-0.25, -0.2) is 0 Å². The van der Waals surface area contributed by atoms with E-state index >= 15 is 0 Å². The van der Waals surface area contributed by atoms with Crippen LogP contribution in [-0.2, 0) is 0 Å². The molecule has 82 valence electrons. The van der Waals surface area contributed by atoms with Gasteiger partial charge in [0.05, 0.1) is 0 Å². The molecular weight excluding hydrogens is 180 g/mol. The van der Waals surface area contributed by atoms with Crippen LogP contribution >= 0.6 is 0 Å². The van der Waals surface area contributed by atoms with E-state index in [-0.39, 0.29) is 0 Å². The van der Waals surface area contributed by atoms with E-state index in [0.717, 1.165) is 0 Å². The first kappa shape index (κ1) is 10.7. The van der Waals surface area contributed by atoms with Crippen molar-refractivity contribution in [3.63, 3.8) is 0 Å². The standard InChI is InChI=1S/C15H22/c1-11(2)14-6-5-13(4)15(14)9-7-12(3)8-10-15/h5,7,14H,1,6,8-10H2,2-4H3. The van der Waals surface area contributed by atoms with Crippen molar-refractivity contribution in [1.29, 1.82) is 0 Å².